The molecule has 7 heteroatoms. The largest absolute Gasteiger partial charge is 0.497 e. The number of ether oxygens (including phenoxy) is 1. The second kappa shape index (κ2) is 9.66. The highest BCUT2D eigenvalue weighted by Gasteiger charge is 2.27. The molecule has 0 aromatic heterocycles. The molecule has 1 N–H and O–H groups in total. The van der Waals surface area contributed by atoms with Crippen LogP contribution in [0.25, 0.3) is 0 Å². The van der Waals surface area contributed by atoms with Crippen molar-refractivity contribution in [3.63, 3.8) is 0 Å². The second-order valence-electron chi connectivity index (χ2n) is 7.03. The highest BCUT2D eigenvalue weighted by atomic mass is 32.2. The molecule has 0 radical (unpaired) electrons. The average molecular weight is 439 g/mol. The molecule has 0 fully saturated rings. The number of methoxy groups -OCH3 is 1. The molecule has 0 heterocycles. The van der Waals surface area contributed by atoms with Crippen molar-refractivity contribution >= 4 is 27.3 Å². The van der Waals surface area contributed by atoms with Crippen molar-refractivity contribution in [2.45, 2.75) is 25.2 Å². The number of anilines is 2. The van der Waals surface area contributed by atoms with Crippen LogP contribution in [0.1, 0.15) is 18.1 Å². The molecule has 6 nitrogen and oxygen atoms in total. The Bertz CT molecular complexity index is 1140. The maximum absolute atomic E-state index is 13.4. The molecule has 0 spiro atoms. The van der Waals surface area contributed by atoms with Gasteiger partial charge < -0.3 is 10.1 Å². The van der Waals surface area contributed by atoms with Crippen LogP contribution < -0.4 is 14.4 Å². The quantitative estimate of drug-likeness (QED) is 0.566. The van der Waals surface area contributed by atoms with E-state index in [1.807, 2.05) is 32.0 Å². The Morgan fingerprint density at radius 3 is 2.26 bits per heavy atom. The Balaban J connectivity index is 1.96. The summed E-state index contributed by atoms with van der Waals surface area (Å²) in [4.78, 5) is 13.1. The summed E-state index contributed by atoms with van der Waals surface area (Å²) >= 11 is 0. The number of amides is 1. The lowest BCUT2D eigenvalue weighted by Gasteiger charge is -2.25. The first-order chi connectivity index (χ1) is 14.9. The molecule has 0 aliphatic carbocycles. The fourth-order valence-electron chi connectivity index (χ4n) is 3.29. The van der Waals surface area contributed by atoms with E-state index in [1.54, 1.807) is 42.5 Å². The van der Waals surface area contributed by atoms with E-state index in [2.05, 4.69) is 5.32 Å². The van der Waals surface area contributed by atoms with E-state index >= 15 is 0 Å². The van der Waals surface area contributed by atoms with Crippen LogP contribution in [0, 0.1) is 6.92 Å². The van der Waals surface area contributed by atoms with Gasteiger partial charge >= 0.3 is 0 Å². The van der Waals surface area contributed by atoms with E-state index in [0.717, 1.165) is 27.5 Å². The van der Waals surface area contributed by atoms with Gasteiger partial charge in [0, 0.05) is 5.69 Å². The number of benzene rings is 3. The number of hydrogen-bond donors (Lipinski definition) is 1. The van der Waals surface area contributed by atoms with E-state index in [-0.39, 0.29) is 11.4 Å². The van der Waals surface area contributed by atoms with Crippen molar-refractivity contribution in [2.75, 3.05) is 23.3 Å². The predicted octanol–water partition coefficient (Wildman–Crippen LogP) is 4.40. The lowest BCUT2D eigenvalue weighted by molar-refractivity contribution is -0.114. The van der Waals surface area contributed by atoms with Crippen LogP contribution in [-0.2, 0) is 21.2 Å². The fourth-order valence-corrected chi connectivity index (χ4v) is 4.74. The van der Waals surface area contributed by atoms with Crippen LogP contribution in [0.4, 0.5) is 11.4 Å². The molecule has 0 bridgehead atoms. The van der Waals surface area contributed by atoms with Gasteiger partial charge in [-0.05, 0) is 60.9 Å². The summed E-state index contributed by atoms with van der Waals surface area (Å²) in [6.45, 7) is 3.56. The van der Waals surface area contributed by atoms with Crippen LogP contribution >= 0.6 is 0 Å². The number of carbonyl (C=O) groups excluding carboxylic acids is 1. The van der Waals surface area contributed by atoms with Crippen LogP contribution in [0.5, 0.6) is 5.75 Å². The first-order valence-corrected chi connectivity index (χ1v) is 11.4. The Morgan fingerprint density at radius 2 is 1.65 bits per heavy atom. The number of rotatable bonds is 8. The molecule has 3 aromatic rings. The van der Waals surface area contributed by atoms with E-state index < -0.39 is 15.9 Å². The van der Waals surface area contributed by atoms with Crippen molar-refractivity contribution in [3.05, 3.63) is 83.9 Å². The Morgan fingerprint density at radius 1 is 0.968 bits per heavy atom. The number of para-hydroxylation sites is 1. The van der Waals surface area contributed by atoms with Gasteiger partial charge in [-0.3, -0.25) is 9.10 Å². The smallest absolute Gasteiger partial charge is 0.264 e. The molecule has 0 unspecified atom stereocenters. The van der Waals surface area contributed by atoms with Crippen molar-refractivity contribution in [1.29, 1.82) is 0 Å². The Hall–Kier alpha value is -3.32. The van der Waals surface area contributed by atoms with Crippen molar-refractivity contribution in [2.24, 2.45) is 0 Å². The van der Waals surface area contributed by atoms with Gasteiger partial charge in [-0.1, -0.05) is 43.3 Å². The summed E-state index contributed by atoms with van der Waals surface area (Å²) in [5.41, 5.74) is 3.02. The summed E-state index contributed by atoms with van der Waals surface area (Å²) in [6.07, 6.45) is 0.752. The first kappa shape index (κ1) is 22.4. The minimum Gasteiger partial charge on any atom is -0.497 e. The summed E-state index contributed by atoms with van der Waals surface area (Å²) < 4.78 is 33.0. The van der Waals surface area contributed by atoms with Gasteiger partial charge in [-0.15, -0.1) is 0 Å². The van der Waals surface area contributed by atoms with Gasteiger partial charge in [-0.25, -0.2) is 8.42 Å². The third-order valence-corrected chi connectivity index (χ3v) is 6.77. The van der Waals surface area contributed by atoms with Gasteiger partial charge in [0.25, 0.3) is 10.0 Å². The van der Waals surface area contributed by atoms with Crippen molar-refractivity contribution in [1.82, 2.24) is 0 Å². The predicted molar refractivity (Wildman–Crippen MR) is 123 cm³/mol. The molecule has 3 rings (SSSR count). The van der Waals surface area contributed by atoms with Gasteiger partial charge in [0.1, 0.15) is 12.3 Å². The molecule has 0 aliphatic heterocycles. The standard InChI is InChI=1S/C24H26N2O4S/c1-4-19-10-8-9-18(2)24(19)25-23(27)17-26(20-13-15-21(30-3)16-14-20)31(28,29)22-11-6-5-7-12-22/h5-16H,4,17H2,1-3H3,(H,25,27). The second-order valence-corrected chi connectivity index (χ2v) is 8.90. The number of aryl methyl sites for hydroxylation is 2. The third kappa shape index (κ3) is 5.06. The molecule has 0 saturated carbocycles. The van der Waals surface area contributed by atoms with Crippen LogP contribution in [0.3, 0.4) is 0 Å². The van der Waals surface area contributed by atoms with Gasteiger partial charge in [0.15, 0.2) is 0 Å². The Labute approximate surface area is 183 Å². The van der Waals surface area contributed by atoms with Crippen LogP contribution in [0.2, 0.25) is 0 Å². The maximum Gasteiger partial charge on any atom is 0.264 e. The molecular weight excluding hydrogens is 412 g/mol. The number of sulfonamides is 1. The minimum absolute atomic E-state index is 0.115. The summed E-state index contributed by atoms with van der Waals surface area (Å²) in [6, 6.07) is 20.5. The number of nitrogens with zero attached hydrogens (tertiary/aromatic N) is 1. The highest BCUT2D eigenvalue weighted by Crippen LogP contribution is 2.26. The molecule has 1 amide bonds. The summed E-state index contributed by atoms with van der Waals surface area (Å²) in [7, 11) is -2.42. The average Bonchev–Trinajstić information content (AvgIpc) is 2.79. The van der Waals surface area contributed by atoms with E-state index in [4.69, 9.17) is 4.74 Å². The normalized spacial score (nSPS) is 11.1. The van der Waals surface area contributed by atoms with E-state index in [0.29, 0.717) is 11.4 Å². The fraction of sp³-hybridized carbons (Fsp3) is 0.208. The monoisotopic (exact) mass is 438 g/mol. The zero-order valence-electron chi connectivity index (χ0n) is 17.8. The maximum atomic E-state index is 13.4. The first-order valence-electron chi connectivity index (χ1n) is 9.97. The van der Waals surface area contributed by atoms with E-state index in [9.17, 15) is 13.2 Å². The zero-order chi connectivity index (χ0) is 22.4. The van der Waals surface area contributed by atoms with Crippen molar-refractivity contribution in [3.8, 4) is 5.75 Å². The summed E-state index contributed by atoms with van der Waals surface area (Å²) in [5, 5.41) is 2.91. The number of nitrogens with one attached hydrogen (secondary N) is 1. The Kier molecular flexibility index (Phi) is 6.97. The third-order valence-electron chi connectivity index (χ3n) is 4.98. The highest BCUT2D eigenvalue weighted by molar-refractivity contribution is 7.92. The van der Waals surface area contributed by atoms with Crippen LogP contribution in [0.15, 0.2) is 77.7 Å². The number of carbonyl (C=O) groups is 1. The van der Waals surface area contributed by atoms with Gasteiger partial charge in [0.05, 0.1) is 17.7 Å². The molecule has 3 aromatic carbocycles. The topological polar surface area (TPSA) is 75.7 Å². The van der Waals surface area contributed by atoms with Gasteiger partial charge in [-0.2, -0.15) is 0 Å². The molecule has 31 heavy (non-hydrogen) atoms. The summed E-state index contributed by atoms with van der Waals surface area (Å²) in [5.74, 6) is 0.178. The SMILES string of the molecule is CCc1cccc(C)c1NC(=O)CN(c1ccc(OC)cc1)S(=O)(=O)c1ccccc1. The zero-order valence-corrected chi connectivity index (χ0v) is 18.6. The lowest BCUT2D eigenvalue weighted by atomic mass is 10.1. The molecule has 0 saturated heterocycles. The molecule has 0 aliphatic rings. The van der Waals surface area contributed by atoms with Crippen LogP contribution in [-0.4, -0.2) is 28.0 Å². The van der Waals surface area contributed by atoms with Gasteiger partial charge in [0.2, 0.25) is 5.91 Å². The molecule has 0 atom stereocenters. The minimum atomic E-state index is -3.96. The van der Waals surface area contributed by atoms with Crippen molar-refractivity contribution < 1.29 is 17.9 Å². The number of hydrogen-bond acceptors (Lipinski definition) is 4. The molecular formula is C24H26N2O4S. The molecule has 162 valence electrons. The van der Waals surface area contributed by atoms with E-state index in [1.165, 1.54) is 19.2 Å². The lowest BCUT2D eigenvalue weighted by Crippen LogP contribution is -2.38.